The Labute approximate surface area is 110 Å². The molecule has 0 aliphatic rings. The Kier molecular flexibility index (Phi) is 5.28. The van der Waals surface area contributed by atoms with Crippen LogP contribution in [0.25, 0.3) is 0 Å². The number of hydrazine groups is 1. The number of aromatic nitrogens is 1. The maximum absolute atomic E-state index is 13.0. The summed E-state index contributed by atoms with van der Waals surface area (Å²) in [5.41, 5.74) is 1.63. The monoisotopic (exact) mass is 277 g/mol. The lowest BCUT2D eigenvalue weighted by atomic mass is 9.92. The van der Waals surface area contributed by atoms with E-state index in [1.807, 2.05) is 13.8 Å². The molecule has 1 aromatic rings. The van der Waals surface area contributed by atoms with Gasteiger partial charge in [-0.15, -0.1) is 0 Å². The number of hydrogen-bond acceptors (Lipinski definition) is 4. The molecule has 0 aliphatic carbocycles. The van der Waals surface area contributed by atoms with Crippen LogP contribution in [0.5, 0.6) is 0 Å². The number of methoxy groups -OCH3 is 1. The Bertz CT molecular complexity index is 409. The molecule has 3 N–H and O–H groups in total. The molecule has 0 saturated carbocycles. The van der Waals surface area contributed by atoms with Crippen molar-refractivity contribution in [1.29, 1.82) is 0 Å². The van der Waals surface area contributed by atoms with Gasteiger partial charge in [-0.25, -0.2) is 0 Å². The minimum Gasteiger partial charge on any atom is -0.379 e. The standard InChI is InChI=1S/C12H18F3N3O/c1-7(2)11(19-3)10(18-16)8-6-17-5-4-9(8)12(13,14)15/h4-7,10-11,18H,16H2,1-3H3. The van der Waals surface area contributed by atoms with E-state index in [2.05, 4.69) is 10.4 Å². The molecule has 1 heterocycles. The summed E-state index contributed by atoms with van der Waals surface area (Å²) in [6, 6.07) is 0.155. The van der Waals surface area contributed by atoms with Crippen molar-refractivity contribution in [3.63, 3.8) is 0 Å². The van der Waals surface area contributed by atoms with Gasteiger partial charge in [0.05, 0.1) is 17.7 Å². The largest absolute Gasteiger partial charge is 0.416 e. The van der Waals surface area contributed by atoms with Gasteiger partial charge in [-0.3, -0.25) is 16.3 Å². The van der Waals surface area contributed by atoms with Crippen LogP contribution in [-0.4, -0.2) is 18.2 Å². The van der Waals surface area contributed by atoms with E-state index >= 15 is 0 Å². The van der Waals surface area contributed by atoms with Crippen LogP contribution >= 0.6 is 0 Å². The van der Waals surface area contributed by atoms with E-state index in [1.54, 1.807) is 0 Å². The van der Waals surface area contributed by atoms with Gasteiger partial charge >= 0.3 is 6.18 Å². The summed E-state index contributed by atoms with van der Waals surface area (Å²) in [6.07, 6.45) is -2.67. The first-order valence-corrected chi connectivity index (χ1v) is 5.83. The van der Waals surface area contributed by atoms with Gasteiger partial charge in [0.25, 0.3) is 0 Å². The number of nitrogens with zero attached hydrogens (tertiary/aromatic N) is 1. The van der Waals surface area contributed by atoms with E-state index in [1.165, 1.54) is 13.3 Å². The molecule has 2 atom stereocenters. The Hall–Kier alpha value is -1.18. The zero-order chi connectivity index (χ0) is 14.6. The van der Waals surface area contributed by atoms with Crippen molar-refractivity contribution < 1.29 is 17.9 Å². The van der Waals surface area contributed by atoms with E-state index in [0.717, 1.165) is 12.3 Å². The second-order valence-corrected chi connectivity index (χ2v) is 4.55. The second-order valence-electron chi connectivity index (χ2n) is 4.55. The van der Waals surface area contributed by atoms with Crippen molar-refractivity contribution in [2.45, 2.75) is 32.2 Å². The van der Waals surface area contributed by atoms with Crippen molar-refractivity contribution in [2.24, 2.45) is 11.8 Å². The highest BCUT2D eigenvalue weighted by atomic mass is 19.4. The quantitative estimate of drug-likeness (QED) is 0.640. The average molecular weight is 277 g/mol. The molecular weight excluding hydrogens is 259 g/mol. The van der Waals surface area contributed by atoms with E-state index in [4.69, 9.17) is 10.6 Å². The summed E-state index contributed by atoms with van der Waals surface area (Å²) < 4.78 is 44.2. The third kappa shape index (κ3) is 3.65. The fourth-order valence-corrected chi connectivity index (χ4v) is 2.07. The first kappa shape index (κ1) is 15.9. The summed E-state index contributed by atoms with van der Waals surface area (Å²) in [7, 11) is 1.44. The summed E-state index contributed by atoms with van der Waals surface area (Å²) >= 11 is 0. The van der Waals surface area contributed by atoms with E-state index in [9.17, 15) is 13.2 Å². The summed E-state index contributed by atoms with van der Waals surface area (Å²) in [5, 5.41) is 0. The first-order chi connectivity index (χ1) is 8.82. The molecule has 0 saturated heterocycles. The number of pyridine rings is 1. The number of halogens is 3. The Morgan fingerprint density at radius 3 is 2.42 bits per heavy atom. The Morgan fingerprint density at radius 2 is 2.00 bits per heavy atom. The van der Waals surface area contributed by atoms with Gasteiger partial charge in [-0.2, -0.15) is 13.2 Å². The normalized spacial score (nSPS) is 15.6. The molecule has 0 spiro atoms. The SMILES string of the molecule is COC(C(C)C)C(NN)c1cnccc1C(F)(F)F. The predicted octanol–water partition coefficient (Wildman–Crippen LogP) is 2.28. The van der Waals surface area contributed by atoms with Gasteiger partial charge in [-0.05, 0) is 12.0 Å². The van der Waals surface area contributed by atoms with Gasteiger partial charge in [0.1, 0.15) is 0 Å². The molecular formula is C12H18F3N3O. The molecule has 0 bridgehead atoms. The topological polar surface area (TPSA) is 60.2 Å². The lowest BCUT2D eigenvalue weighted by Gasteiger charge is -2.30. The zero-order valence-corrected chi connectivity index (χ0v) is 11.0. The van der Waals surface area contributed by atoms with Gasteiger partial charge in [0, 0.05) is 25.1 Å². The zero-order valence-electron chi connectivity index (χ0n) is 11.0. The summed E-state index contributed by atoms with van der Waals surface area (Å²) in [5.74, 6) is 5.40. The molecule has 1 rings (SSSR count). The van der Waals surface area contributed by atoms with Crippen LogP contribution in [0, 0.1) is 5.92 Å². The van der Waals surface area contributed by atoms with Crippen LogP contribution in [0.3, 0.4) is 0 Å². The fourth-order valence-electron chi connectivity index (χ4n) is 2.07. The molecule has 0 amide bonds. The molecule has 0 aromatic carbocycles. The lowest BCUT2D eigenvalue weighted by Crippen LogP contribution is -2.41. The van der Waals surface area contributed by atoms with Crippen molar-refractivity contribution in [2.75, 3.05) is 7.11 Å². The van der Waals surface area contributed by atoms with Crippen LogP contribution in [0.1, 0.15) is 31.0 Å². The van der Waals surface area contributed by atoms with Crippen LogP contribution in [0.2, 0.25) is 0 Å². The van der Waals surface area contributed by atoms with Gasteiger partial charge in [0.2, 0.25) is 0 Å². The van der Waals surface area contributed by atoms with Gasteiger partial charge < -0.3 is 4.74 Å². The molecule has 4 nitrogen and oxygen atoms in total. The van der Waals surface area contributed by atoms with Crippen molar-refractivity contribution in [3.8, 4) is 0 Å². The number of alkyl halides is 3. The van der Waals surface area contributed by atoms with Gasteiger partial charge in [0.15, 0.2) is 0 Å². The first-order valence-electron chi connectivity index (χ1n) is 5.83. The van der Waals surface area contributed by atoms with E-state index in [0.29, 0.717) is 0 Å². The van der Waals surface area contributed by atoms with Gasteiger partial charge in [-0.1, -0.05) is 13.8 Å². The van der Waals surface area contributed by atoms with Crippen molar-refractivity contribution >= 4 is 0 Å². The highest BCUT2D eigenvalue weighted by Crippen LogP contribution is 2.36. The maximum Gasteiger partial charge on any atom is 0.416 e. The van der Waals surface area contributed by atoms with E-state index < -0.39 is 23.9 Å². The summed E-state index contributed by atoms with van der Waals surface area (Å²) in [6.45, 7) is 3.70. The number of rotatable bonds is 5. The van der Waals surface area contributed by atoms with Crippen LogP contribution in [0.15, 0.2) is 18.5 Å². The molecule has 0 radical (unpaired) electrons. The number of hydrogen-bond donors (Lipinski definition) is 2. The van der Waals surface area contributed by atoms with Crippen molar-refractivity contribution in [3.05, 3.63) is 29.6 Å². The third-order valence-corrected chi connectivity index (χ3v) is 2.93. The Morgan fingerprint density at radius 1 is 1.37 bits per heavy atom. The predicted molar refractivity (Wildman–Crippen MR) is 64.9 cm³/mol. The molecule has 2 unspecified atom stereocenters. The highest BCUT2D eigenvalue weighted by molar-refractivity contribution is 5.30. The summed E-state index contributed by atoms with van der Waals surface area (Å²) in [4.78, 5) is 3.75. The van der Waals surface area contributed by atoms with Crippen LogP contribution < -0.4 is 11.3 Å². The van der Waals surface area contributed by atoms with Crippen molar-refractivity contribution in [1.82, 2.24) is 10.4 Å². The number of nitrogens with two attached hydrogens (primary N) is 1. The molecule has 7 heteroatoms. The van der Waals surface area contributed by atoms with Crippen LogP contribution in [-0.2, 0) is 10.9 Å². The van der Waals surface area contributed by atoms with Crippen LogP contribution in [0.4, 0.5) is 13.2 Å². The minimum atomic E-state index is -4.46. The number of nitrogens with one attached hydrogen (secondary N) is 1. The minimum absolute atomic E-state index is 0.00709. The molecule has 108 valence electrons. The maximum atomic E-state index is 13.0. The molecule has 0 fully saturated rings. The average Bonchev–Trinajstić information content (AvgIpc) is 2.34. The fraction of sp³-hybridized carbons (Fsp3) is 0.583. The smallest absolute Gasteiger partial charge is 0.379 e. The second kappa shape index (κ2) is 6.31. The number of ether oxygens (including phenoxy) is 1. The molecule has 19 heavy (non-hydrogen) atoms. The third-order valence-electron chi connectivity index (χ3n) is 2.93. The lowest BCUT2D eigenvalue weighted by molar-refractivity contribution is -0.139. The Balaban J connectivity index is 3.26. The van der Waals surface area contributed by atoms with E-state index in [-0.39, 0.29) is 11.5 Å². The molecule has 1 aromatic heterocycles. The highest BCUT2D eigenvalue weighted by Gasteiger charge is 2.37. The molecule has 0 aliphatic heterocycles.